The smallest absolute Gasteiger partial charge is 0.311 e. The van der Waals surface area contributed by atoms with Crippen molar-refractivity contribution in [2.75, 3.05) is 12.4 Å². The van der Waals surface area contributed by atoms with E-state index in [0.29, 0.717) is 12.4 Å². The van der Waals surface area contributed by atoms with Crippen LogP contribution in [0.2, 0.25) is 0 Å². The van der Waals surface area contributed by atoms with Crippen LogP contribution in [0.1, 0.15) is 11.1 Å². The first kappa shape index (κ1) is 13.8. The lowest BCUT2D eigenvalue weighted by molar-refractivity contribution is -0.384. The van der Waals surface area contributed by atoms with Crippen molar-refractivity contribution in [1.82, 2.24) is 4.98 Å². The number of anilines is 1. The molecule has 0 radical (unpaired) electrons. The maximum absolute atomic E-state index is 11.0. The number of nitro groups is 1. The molecule has 2 rings (SSSR count). The van der Waals surface area contributed by atoms with E-state index in [1.54, 1.807) is 0 Å². The van der Waals surface area contributed by atoms with Crippen molar-refractivity contribution in [3.8, 4) is 5.88 Å². The topological polar surface area (TPSA) is 77.3 Å². The van der Waals surface area contributed by atoms with Gasteiger partial charge in [0.1, 0.15) is 0 Å². The highest BCUT2D eigenvalue weighted by Crippen LogP contribution is 2.25. The predicted molar refractivity (Wildman–Crippen MR) is 75.9 cm³/mol. The van der Waals surface area contributed by atoms with Crippen molar-refractivity contribution in [3.05, 3.63) is 57.6 Å². The fourth-order valence-electron chi connectivity index (χ4n) is 1.81. The molecule has 20 heavy (non-hydrogen) atoms. The monoisotopic (exact) mass is 273 g/mol. The van der Waals surface area contributed by atoms with Gasteiger partial charge in [0.25, 0.3) is 0 Å². The number of methoxy groups -OCH3 is 1. The summed E-state index contributed by atoms with van der Waals surface area (Å²) in [6, 6.07) is 10.7. The van der Waals surface area contributed by atoms with Crippen LogP contribution >= 0.6 is 0 Å². The lowest BCUT2D eigenvalue weighted by atomic mass is 10.1. The first-order chi connectivity index (χ1) is 9.61. The fraction of sp³-hybridized carbons (Fsp3) is 0.214. The Hall–Kier alpha value is -2.63. The van der Waals surface area contributed by atoms with Gasteiger partial charge >= 0.3 is 5.69 Å². The van der Waals surface area contributed by atoms with Crippen molar-refractivity contribution in [2.24, 2.45) is 0 Å². The van der Waals surface area contributed by atoms with E-state index >= 15 is 0 Å². The number of benzene rings is 1. The molecular weight excluding hydrogens is 258 g/mol. The van der Waals surface area contributed by atoms with Crippen molar-refractivity contribution < 1.29 is 9.66 Å². The summed E-state index contributed by atoms with van der Waals surface area (Å²) in [7, 11) is 1.47. The van der Waals surface area contributed by atoms with Crippen LogP contribution in [-0.4, -0.2) is 17.0 Å². The van der Waals surface area contributed by atoms with Gasteiger partial charge in [-0.15, -0.1) is 0 Å². The van der Waals surface area contributed by atoms with Gasteiger partial charge in [-0.2, -0.15) is 4.98 Å². The molecule has 0 saturated carbocycles. The third-order valence-corrected chi connectivity index (χ3v) is 2.96. The second kappa shape index (κ2) is 6.01. The van der Waals surface area contributed by atoms with Gasteiger partial charge in [0.15, 0.2) is 0 Å². The third-order valence-electron chi connectivity index (χ3n) is 2.96. The summed E-state index contributed by atoms with van der Waals surface area (Å²) in [5.41, 5.74) is 2.11. The second-order valence-corrected chi connectivity index (χ2v) is 4.26. The number of hydrogen-bond acceptors (Lipinski definition) is 5. The Kier molecular flexibility index (Phi) is 4.14. The molecule has 0 bridgehead atoms. The van der Waals surface area contributed by atoms with E-state index in [-0.39, 0.29) is 11.5 Å². The standard InChI is InChI=1S/C14H15N3O3/c1-10-5-3-4-6-11(10)9-15-14-12(17(18)19)7-8-13(16-14)20-2/h3-8H,9H2,1-2H3,(H,15,16). The molecule has 1 aromatic heterocycles. The van der Waals surface area contributed by atoms with Gasteiger partial charge in [-0.05, 0) is 18.1 Å². The molecule has 0 spiro atoms. The van der Waals surface area contributed by atoms with E-state index in [1.165, 1.54) is 19.2 Å². The largest absolute Gasteiger partial charge is 0.481 e. The number of pyridine rings is 1. The van der Waals surface area contributed by atoms with Crippen LogP contribution in [0.15, 0.2) is 36.4 Å². The number of nitrogens with zero attached hydrogens (tertiary/aromatic N) is 2. The minimum Gasteiger partial charge on any atom is -0.481 e. The highest BCUT2D eigenvalue weighted by molar-refractivity contribution is 5.57. The molecular formula is C14H15N3O3. The van der Waals surface area contributed by atoms with Crippen LogP contribution in [0.4, 0.5) is 11.5 Å². The summed E-state index contributed by atoms with van der Waals surface area (Å²) in [6.45, 7) is 2.46. The van der Waals surface area contributed by atoms with E-state index in [2.05, 4.69) is 10.3 Å². The zero-order valence-electron chi connectivity index (χ0n) is 11.3. The number of hydrogen-bond donors (Lipinski definition) is 1. The Bertz CT molecular complexity index is 629. The van der Waals surface area contributed by atoms with Crippen molar-refractivity contribution in [1.29, 1.82) is 0 Å². The molecule has 0 aliphatic carbocycles. The average Bonchev–Trinajstić information content (AvgIpc) is 2.46. The number of aromatic nitrogens is 1. The summed E-state index contributed by atoms with van der Waals surface area (Å²) in [5, 5.41) is 14.0. The molecule has 0 aliphatic rings. The lowest BCUT2D eigenvalue weighted by Crippen LogP contribution is -2.06. The summed E-state index contributed by atoms with van der Waals surface area (Å²) >= 11 is 0. The Balaban J connectivity index is 2.24. The zero-order valence-corrected chi connectivity index (χ0v) is 11.3. The van der Waals surface area contributed by atoms with Gasteiger partial charge < -0.3 is 10.1 Å². The van der Waals surface area contributed by atoms with Crippen LogP contribution in [0.3, 0.4) is 0 Å². The lowest BCUT2D eigenvalue weighted by Gasteiger charge is -2.09. The number of nitrogens with one attached hydrogen (secondary N) is 1. The quantitative estimate of drug-likeness (QED) is 0.669. The van der Waals surface area contributed by atoms with Gasteiger partial charge in [0, 0.05) is 18.7 Å². The minimum absolute atomic E-state index is 0.0700. The van der Waals surface area contributed by atoms with Gasteiger partial charge in [-0.1, -0.05) is 24.3 Å². The second-order valence-electron chi connectivity index (χ2n) is 4.26. The number of rotatable bonds is 5. The van der Waals surface area contributed by atoms with Crippen LogP contribution < -0.4 is 10.1 Å². The van der Waals surface area contributed by atoms with Crippen molar-refractivity contribution >= 4 is 11.5 Å². The number of aryl methyl sites for hydroxylation is 1. The molecule has 0 unspecified atom stereocenters. The molecule has 1 N–H and O–H groups in total. The van der Waals surface area contributed by atoms with E-state index < -0.39 is 4.92 Å². The molecule has 0 fully saturated rings. The number of ether oxygens (including phenoxy) is 1. The molecule has 104 valence electrons. The molecule has 6 nitrogen and oxygen atoms in total. The predicted octanol–water partition coefficient (Wildman–Crippen LogP) is 2.92. The Morgan fingerprint density at radius 1 is 1.30 bits per heavy atom. The SMILES string of the molecule is COc1ccc([N+](=O)[O-])c(NCc2ccccc2C)n1. The van der Waals surface area contributed by atoms with E-state index in [0.717, 1.165) is 11.1 Å². The Labute approximate surface area is 116 Å². The van der Waals surface area contributed by atoms with Crippen molar-refractivity contribution in [3.63, 3.8) is 0 Å². The fourth-order valence-corrected chi connectivity index (χ4v) is 1.81. The summed E-state index contributed by atoms with van der Waals surface area (Å²) in [5.74, 6) is 0.542. The summed E-state index contributed by atoms with van der Waals surface area (Å²) in [4.78, 5) is 14.6. The van der Waals surface area contributed by atoms with Gasteiger partial charge in [0.05, 0.1) is 12.0 Å². The molecule has 0 amide bonds. The van der Waals surface area contributed by atoms with E-state index in [1.807, 2.05) is 31.2 Å². The first-order valence-corrected chi connectivity index (χ1v) is 6.09. The van der Waals surface area contributed by atoms with E-state index in [9.17, 15) is 10.1 Å². The average molecular weight is 273 g/mol. The van der Waals surface area contributed by atoms with Gasteiger partial charge in [-0.25, -0.2) is 0 Å². The molecule has 2 aromatic rings. The molecule has 0 atom stereocenters. The third kappa shape index (κ3) is 3.03. The van der Waals surface area contributed by atoms with Crippen LogP contribution in [0.25, 0.3) is 0 Å². The highest BCUT2D eigenvalue weighted by Gasteiger charge is 2.16. The maximum atomic E-state index is 11.0. The minimum atomic E-state index is -0.466. The first-order valence-electron chi connectivity index (χ1n) is 6.09. The van der Waals surface area contributed by atoms with Crippen LogP contribution in [0.5, 0.6) is 5.88 Å². The van der Waals surface area contributed by atoms with Crippen LogP contribution in [0, 0.1) is 17.0 Å². The maximum Gasteiger partial charge on any atom is 0.311 e. The molecule has 0 saturated heterocycles. The normalized spacial score (nSPS) is 10.1. The highest BCUT2D eigenvalue weighted by atomic mass is 16.6. The molecule has 6 heteroatoms. The summed E-state index contributed by atoms with van der Waals surface area (Å²) < 4.78 is 4.99. The Morgan fingerprint density at radius 3 is 2.70 bits per heavy atom. The van der Waals surface area contributed by atoms with Crippen LogP contribution in [-0.2, 0) is 6.54 Å². The van der Waals surface area contributed by atoms with Gasteiger partial charge in [-0.3, -0.25) is 10.1 Å². The molecule has 1 heterocycles. The molecule has 1 aromatic carbocycles. The summed E-state index contributed by atoms with van der Waals surface area (Å²) in [6.07, 6.45) is 0. The molecule has 0 aliphatic heterocycles. The van der Waals surface area contributed by atoms with Gasteiger partial charge in [0.2, 0.25) is 11.7 Å². The van der Waals surface area contributed by atoms with Crippen molar-refractivity contribution in [2.45, 2.75) is 13.5 Å². The zero-order chi connectivity index (χ0) is 14.5. The van der Waals surface area contributed by atoms with E-state index in [4.69, 9.17) is 4.74 Å². The Morgan fingerprint density at radius 2 is 2.05 bits per heavy atom.